The summed E-state index contributed by atoms with van der Waals surface area (Å²) in [4.78, 5) is 19.9. The monoisotopic (exact) mass is 254 g/mol. The number of aliphatic hydroxyl groups excluding tert-OH is 1. The summed E-state index contributed by atoms with van der Waals surface area (Å²) in [7, 11) is 0. The molecule has 18 heavy (non-hydrogen) atoms. The lowest BCUT2D eigenvalue weighted by atomic mass is 10.1. The maximum atomic E-state index is 11.4. The Morgan fingerprint density at radius 1 is 1.56 bits per heavy atom. The number of aliphatic hydroxyl groups is 1. The normalized spacial score (nSPS) is 17.1. The van der Waals surface area contributed by atoms with Crippen molar-refractivity contribution in [2.45, 2.75) is 18.9 Å². The molecule has 2 rings (SSSR count). The number of anilines is 2. The number of hydrogen-bond donors (Lipinski definition) is 3. The minimum absolute atomic E-state index is 0.0444. The Labute approximate surface area is 105 Å². The van der Waals surface area contributed by atoms with Crippen molar-refractivity contribution in [3.63, 3.8) is 0 Å². The van der Waals surface area contributed by atoms with Gasteiger partial charge in [-0.2, -0.15) is 0 Å². The van der Waals surface area contributed by atoms with E-state index < -0.39 is 0 Å². The highest BCUT2D eigenvalue weighted by Gasteiger charge is 2.22. The standard InChI is InChI=1S/C11H18N4O3/c12-9-10(13-7-14-11(9)17)15-3-1-8(2-4-15)18-6-5-16/h7-8,16H,1-6,12H2,(H,13,14,17). The first-order valence-corrected chi connectivity index (χ1v) is 6.03. The molecule has 0 radical (unpaired) electrons. The zero-order valence-corrected chi connectivity index (χ0v) is 10.1. The molecule has 4 N–H and O–H groups in total. The fourth-order valence-electron chi connectivity index (χ4n) is 2.11. The van der Waals surface area contributed by atoms with Crippen LogP contribution < -0.4 is 16.2 Å². The number of H-pyrrole nitrogens is 1. The van der Waals surface area contributed by atoms with E-state index in [4.69, 9.17) is 15.6 Å². The third-order valence-corrected chi connectivity index (χ3v) is 3.05. The summed E-state index contributed by atoms with van der Waals surface area (Å²) < 4.78 is 5.47. The van der Waals surface area contributed by atoms with Crippen LogP contribution in [0.4, 0.5) is 11.5 Å². The van der Waals surface area contributed by atoms with Crippen molar-refractivity contribution in [3.8, 4) is 0 Å². The number of nitrogens with zero attached hydrogens (tertiary/aromatic N) is 2. The van der Waals surface area contributed by atoms with Crippen LogP contribution in [0.1, 0.15) is 12.8 Å². The van der Waals surface area contributed by atoms with Crippen molar-refractivity contribution in [2.75, 3.05) is 36.9 Å². The Bertz CT molecular complexity index is 440. The largest absolute Gasteiger partial charge is 0.394 e. The molecule has 0 spiro atoms. The van der Waals surface area contributed by atoms with Gasteiger partial charge in [0.05, 0.1) is 25.6 Å². The molecule has 1 aromatic heterocycles. The number of piperidine rings is 1. The second-order valence-corrected chi connectivity index (χ2v) is 4.25. The van der Waals surface area contributed by atoms with Gasteiger partial charge in [0, 0.05) is 13.1 Å². The highest BCUT2D eigenvalue weighted by Crippen LogP contribution is 2.21. The SMILES string of the molecule is Nc1c(N2CCC(OCCO)CC2)nc[nH]c1=O. The highest BCUT2D eigenvalue weighted by atomic mass is 16.5. The molecule has 100 valence electrons. The Hall–Kier alpha value is -1.60. The number of aromatic amines is 1. The van der Waals surface area contributed by atoms with Gasteiger partial charge in [-0.1, -0.05) is 0 Å². The quantitative estimate of drug-likeness (QED) is 0.658. The van der Waals surface area contributed by atoms with E-state index in [2.05, 4.69) is 9.97 Å². The molecule has 1 fully saturated rings. The molecule has 0 aromatic carbocycles. The van der Waals surface area contributed by atoms with Crippen molar-refractivity contribution in [2.24, 2.45) is 0 Å². The van der Waals surface area contributed by atoms with E-state index in [1.54, 1.807) is 0 Å². The average molecular weight is 254 g/mol. The van der Waals surface area contributed by atoms with E-state index in [9.17, 15) is 4.79 Å². The third-order valence-electron chi connectivity index (χ3n) is 3.05. The third kappa shape index (κ3) is 2.80. The van der Waals surface area contributed by atoms with E-state index in [0.29, 0.717) is 12.4 Å². The van der Waals surface area contributed by atoms with Crippen LogP contribution in [-0.2, 0) is 4.74 Å². The van der Waals surface area contributed by atoms with Crippen molar-refractivity contribution in [1.29, 1.82) is 0 Å². The minimum atomic E-state index is -0.307. The Morgan fingerprint density at radius 3 is 2.94 bits per heavy atom. The van der Waals surface area contributed by atoms with Crippen molar-refractivity contribution < 1.29 is 9.84 Å². The van der Waals surface area contributed by atoms with Crippen molar-refractivity contribution in [3.05, 3.63) is 16.7 Å². The van der Waals surface area contributed by atoms with Gasteiger partial charge in [0.1, 0.15) is 5.69 Å². The number of aromatic nitrogens is 2. The second kappa shape index (κ2) is 5.83. The number of nitrogens with two attached hydrogens (primary N) is 1. The number of hydrogen-bond acceptors (Lipinski definition) is 6. The molecule has 1 saturated heterocycles. The number of nitrogens with one attached hydrogen (secondary N) is 1. The van der Waals surface area contributed by atoms with Gasteiger partial charge < -0.3 is 25.5 Å². The predicted molar refractivity (Wildman–Crippen MR) is 67.5 cm³/mol. The van der Waals surface area contributed by atoms with Crippen LogP contribution in [-0.4, -0.2) is 47.5 Å². The minimum Gasteiger partial charge on any atom is -0.394 e. The van der Waals surface area contributed by atoms with Crippen LogP contribution in [0.25, 0.3) is 0 Å². The van der Waals surface area contributed by atoms with Gasteiger partial charge >= 0.3 is 0 Å². The average Bonchev–Trinajstić information content (AvgIpc) is 2.40. The lowest BCUT2D eigenvalue weighted by molar-refractivity contribution is 0.0158. The van der Waals surface area contributed by atoms with Gasteiger partial charge in [-0.25, -0.2) is 4.98 Å². The number of rotatable bonds is 4. The topological polar surface area (TPSA) is 104 Å². The summed E-state index contributed by atoms with van der Waals surface area (Å²) in [5.41, 5.74) is 5.57. The maximum Gasteiger partial charge on any atom is 0.276 e. The molecule has 1 aliphatic rings. The molecule has 0 aliphatic carbocycles. The maximum absolute atomic E-state index is 11.4. The molecule has 2 heterocycles. The smallest absolute Gasteiger partial charge is 0.276 e. The van der Waals surface area contributed by atoms with Crippen LogP contribution in [0.3, 0.4) is 0 Å². The van der Waals surface area contributed by atoms with Gasteiger partial charge in [-0.05, 0) is 12.8 Å². The summed E-state index contributed by atoms with van der Waals surface area (Å²) in [6.07, 6.45) is 3.21. The molecule has 7 nitrogen and oxygen atoms in total. The Morgan fingerprint density at radius 2 is 2.28 bits per heavy atom. The lowest BCUT2D eigenvalue weighted by Gasteiger charge is -2.32. The highest BCUT2D eigenvalue weighted by molar-refractivity contribution is 5.60. The molecule has 1 aliphatic heterocycles. The number of nitrogen functional groups attached to an aromatic ring is 1. The molecular weight excluding hydrogens is 236 g/mol. The first-order valence-electron chi connectivity index (χ1n) is 6.03. The zero-order valence-electron chi connectivity index (χ0n) is 10.1. The summed E-state index contributed by atoms with van der Waals surface area (Å²) in [6.45, 7) is 1.91. The second-order valence-electron chi connectivity index (χ2n) is 4.25. The Kier molecular flexibility index (Phi) is 4.16. The molecule has 0 unspecified atom stereocenters. The zero-order chi connectivity index (χ0) is 13.0. The van der Waals surface area contributed by atoms with Crippen LogP contribution in [0.5, 0.6) is 0 Å². The molecular formula is C11H18N4O3. The van der Waals surface area contributed by atoms with Gasteiger partial charge in [0.15, 0.2) is 5.82 Å². The predicted octanol–water partition coefficient (Wildman–Crippen LogP) is -0.670. The Balaban J connectivity index is 1.97. The summed E-state index contributed by atoms with van der Waals surface area (Å²) in [6, 6.07) is 0. The molecule has 0 bridgehead atoms. The van der Waals surface area contributed by atoms with Gasteiger partial charge in [-0.3, -0.25) is 4.79 Å². The first kappa shape index (κ1) is 12.8. The van der Waals surface area contributed by atoms with Gasteiger partial charge in [-0.15, -0.1) is 0 Å². The lowest BCUT2D eigenvalue weighted by Crippen LogP contribution is -2.39. The molecule has 1 aromatic rings. The van der Waals surface area contributed by atoms with E-state index in [1.807, 2.05) is 4.90 Å². The number of ether oxygens (including phenoxy) is 1. The summed E-state index contributed by atoms with van der Waals surface area (Å²) >= 11 is 0. The van der Waals surface area contributed by atoms with Crippen LogP contribution in [0, 0.1) is 0 Å². The van der Waals surface area contributed by atoms with Crippen LogP contribution in [0.15, 0.2) is 11.1 Å². The van der Waals surface area contributed by atoms with E-state index in [1.165, 1.54) is 6.33 Å². The van der Waals surface area contributed by atoms with Crippen molar-refractivity contribution in [1.82, 2.24) is 9.97 Å². The summed E-state index contributed by atoms with van der Waals surface area (Å²) in [5.74, 6) is 0.541. The van der Waals surface area contributed by atoms with E-state index in [-0.39, 0.29) is 24.0 Å². The van der Waals surface area contributed by atoms with E-state index >= 15 is 0 Å². The molecule has 0 atom stereocenters. The van der Waals surface area contributed by atoms with Crippen LogP contribution >= 0.6 is 0 Å². The first-order chi connectivity index (χ1) is 8.72. The van der Waals surface area contributed by atoms with E-state index in [0.717, 1.165) is 25.9 Å². The fraction of sp³-hybridized carbons (Fsp3) is 0.636. The van der Waals surface area contributed by atoms with Crippen molar-refractivity contribution >= 4 is 11.5 Å². The fourth-order valence-corrected chi connectivity index (χ4v) is 2.11. The molecule has 0 amide bonds. The van der Waals surface area contributed by atoms with Crippen LogP contribution in [0.2, 0.25) is 0 Å². The van der Waals surface area contributed by atoms with Gasteiger partial charge in [0.2, 0.25) is 0 Å². The van der Waals surface area contributed by atoms with Gasteiger partial charge in [0.25, 0.3) is 5.56 Å². The molecule has 0 saturated carbocycles. The molecule has 7 heteroatoms. The summed E-state index contributed by atoms with van der Waals surface area (Å²) in [5, 5.41) is 8.69.